The van der Waals surface area contributed by atoms with E-state index >= 15 is 0 Å². The van der Waals surface area contributed by atoms with Gasteiger partial charge in [-0.3, -0.25) is 4.68 Å². The second kappa shape index (κ2) is 5.52. The molecule has 2 aromatic heterocycles. The number of thiophene rings is 1. The van der Waals surface area contributed by atoms with E-state index < -0.39 is 5.60 Å². The Kier molecular flexibility index (Phi) is 4.21. The zero-order valence-corrected chi connectivity index (χ0v) is 12.8. The highest BCUT2D eigenvalue weighted by atomic mass is 79.9. The average Bonchev–Trinajstić information content (AvgIpc) is 2.88. The van der Waals surface area contributed by atoms with Gasteiger partial charge in [0.25, 0.3) is 0 Å². The van der Waals surface area contributed by atoms with Crippen molar-refractivity contribution in [3.8, 4) is 0 Å². The molecule has 0 amide bonds. The van der Waals surface area contributed by atoms with Crippen LogP contribution < -0.4 is 5.32 Å². The summed E-state index contributed by atoms with van der Waals surface area (Å²) in [7, 11) is 1.84. The maximum absolute atomic E-state index is 10.4. The van der Waals surface area contributed by atoms with E-state index in [1.54, 1.807) is 29.1 Å². The second-order valence-electron chi connectivity index (χ2n) is 4.51. The topological polar surface area (TPSA) is 50.1 Å². The second-order valence-corrected chi connectivity index (χ2v) is 6.42. The Balaban J connectivity index is 1.89. The van der Waals surface area contributed by atoms with E-state index in [1.807, 2.05) is 13.2 Å². The van der Waals surface area contributed by atoms with Crippen LogP contribution in [0.15, 0.2) is 28.3 Å². The predicted molar refractivity (Wildman–Crippen MR) is 76.5 cm³/mol. The van der Waals surface area contributed by atoms with Crippen LogP contribution in [-0.2, 0) is 19.2 Å². The van der Waals surface area contributed by atoms with Crippen LogP contribution in [0.4, 0.5) is 0 Å². The Hall–Kier alpha value is -0.690. The van der Waals surface area contributed by atoms with Crippen molar-refractivity contribution in [3.63, 3.8) is 0 Å². The lowest BCUT2D eigenvalue weighted by Gasteiger charge is -2.22. The van der Waals surface area contributed by atoms with E-state index in [-0.39, 0.29) is 0 Å². The Morgan fingerprint density at radius 1 is 1.61 bits per heavy atom. The van der Waals surface area contributed by atoms with Gasteiger partial charge in [0, 0.05) is 46.6 Å². The summed E-state index contributed by atoms with van der Waals surface area (Å²) in [6.45, 7) is 3.04. The summed E-state index contributed by atoms with van der Waals surface area (Å²) >= 11 is 5.12. The summed E-state index contributed by atoms with van der Waals surface area (Å²) in [5, 5.41) is 19.8. The molecule has 0 aliphatic carbocycles. The van der Waals surface area contributed by atoms with Gasteiger partial charge in [-0.15, -0.1) is 11.3 Å². The molecule has 0 aromatic carbocycles. The first-order chi connectivity index (χ1) is 8.47. The normalized spacial score (nSPS) is 14.7. The molecule has 0 bridgehead atoms. The highest BCUT2D eigenvalue weighted by Gasteiger charge is 2.24. The lowest BCUT2D eigenvalue weighted by molar-refractivity contribution is 0.0566. The molecule has 4 nitrogen and oxygen atoms in total. The molecular weight excluding hydrogens is 314 g/mol. The van der Waals surface area contributed by atoms with Crippen molar-refractivity contribution in [2.75, 3.05) is 6.54 Å². The Labute approximate surface area is 119 Å². The maximum Gasteiger partial charge on any atom is 0.102 e. The number of halogens is 1. The smallest absolute Gasteiger partial charge is 0.102 e. The third-order valence-electron chi connectivity index (χ3n) is 2.72. The molecule has 18 heavy (non-hydrogen) atoms. The first-order valence-corrected chi connectivity index (χ1v) is 7.30. The summed E-state index contributed by atoms with van der Waals surface area (Å²) in [4.78, 5) is 1.24. The fourth-order valence-electron chi connectivity index (χ4n) is 1.68. The lowest BCUT2D eigenvalue weighted by Crippen LogP contribution is -2.34. The van der Waals surface area contributed by atoms with Crippen LogP contribution in [-0.4, -0.2) is 21.4 Å². The maximum atomic E-state index is 10.4. The molecule has 2 N–H and O–H groups in total. The van der Waals surface area contributed by atoms with Crippen LogP contribution in [0.2, 0.25) is 0 Å². The van der Waals surface area contributed by atoms with E-state index in [2.05, 4.69) is 37.8 Å². The molecule has 0 saturated heterocycles. The number of aryl methyl sites for hydroxylation is 1. The molecule has 2 rings (SSSR count). The zero-order valence-electron chi connectivity index (χ0n) is 10.4. The van der Waals surface area contributed by atoms with E-state index in [4.69, 9.17) is 0 Å². The summed E-state index contributed by atoms with van der Waals surface area (Å²) in [6, 6.07) is 2.08. The van der Waals surface area contributed by atoms with Gasteiger partial charge in [-0.2, -0.15) is 5.10 Å². The number of rotatable bonds is 5. The third kappa shape index (κ3) is 3.41. The van der Waals surface area contributed by atoms with Gasteiger partial charge in [0.15, 0.2) is 0 Å². The monoisotopic (exact) mass is 329 g/mol. The minimum absolute atomic E-state index is 0.494. The molecule has 2 heterocycles. The molecule has 6 heteroatoms. The molecule has 0 radical (unpaired) electrons. The zero-order chi connectivity index (χ0) is 13.2. The molecule has 1 atom stereocenters. The highest BCUT2D eigenvalue weighted by molar-refractivity contribution is 9.10. The molecule has 0 aliphatic heterocycles. The van der Waals surface area contributed by atoms with Gasteiger partial charge >= 0.3 is 0 Å². The first kappa shape index (κ1) is 13.7. The molecule has 0 spiro atoms. The summed E-state index contributed by atoms with van der Waals surface area (Å²) < 4.78 is 2.79. The standard InChI is InChI=1S/C12H16BrN3OS/c1-12(17,9-4-15-16(2)6-9)8-14-5-11-3-10(13)7-18-11/h3-4,6-7,14,17H,5,8H2,1-2H3. The lowest BCUT2D eigenvalue weighted by atomic mass is 10.00. The SMILES string of the molecule is Cn1cc(C(C)(O)CNCc2cc(Br)cs2)cn1. The minimum Gasteiger partial charge on any atom is -0.384 e. The van der Waals surface area contributed by atoms with E-state index in [9.17, 15) is 5.11 Å². The van der Waals surface area contributed by atoms with Crippen LogP contribution in [0.5, 0.6) is 0 Å². The minimum atomic E-state index is -0.900. The Morgan fingerprint density at radius 2 is 2.39 bits per heavy atom. The number of nitrogens with zero attached hydrogens (tertiary/aromatic N) is 2. The first-order valence-electron chi connectivity index (χ1n) is 5.62. The van der Waals surface area contributed by atoms with Crippen LogP contribution in [0, 0.1) is 0 Å². The predicted octanol–water partition coefficient (Wildman–Crippen LogP) is 2.24. The van der Waals surface area contributed by atoms with Gasteiger partial charge in [0.05, 0.1) is 6.20 Å². The van der Waals surface area contributed by atoms with E-state index in [0.717, 1.165) is 16.6 Å². The largest absolute Gasteiger partial charge is 0.384 e. The van der Waals surface area contributed by atoms with Crippen LogP contribution in [0.3, 0.4) is 0 Å². The number of aromatic nitrogens is 2. The van der Waals surface area contributed by atoms with Gasteiger partial charge < -0.3 is 10.4 Å². The summed E-state index contributed by atoms with van der Waals surface area (Å²) in [5.74, 6) is 0. The molecule has 2 aromatic rings. The van der Waals surface area contributed by atoms with Crippen LogP contribution in [0.25, 0.3) is 0 Å². The fraction of sp³-hybridized carbons (Fsp3) is 0.417. The van der Waals surface area contributed by atoms with Gasteiger partial charge in [0.2, 0.25) is 0 Å². The van der Waals surface area contributed by atoms with Crippen molar-refractivity contribution in [3.05, 3.63) is 38.8 Å². The summed E-state index contributed by atoms with van der Waals surface area (Å²) in [5.41, 5.74) is -0.0761. The van der Waals surface area contributed by atoms with Crippen molar-refractivity contribution in [2.24, 2.45) is 7.05 Å². The van der Waals surface area contributed by atoms with Crippen molar-refractivity contribution in [2.45, 2.75) is 19.1 Å². The molecule has 98 valence electrons. The molecule has 0 fully saturated rings. The van der Waals surface area contributed by atoms with Crippen LogP contribution in [0.1, 0.15) is 17.4 Å². The number of hydrogen-bond donors (Lipinski definition) is 2. The van der Waals surface area contributed by atoms with Crippen molar-refractivity contribution in [1.29, 1.82) is 0 Å². The van der Waals surface area contributed by atoms with Gasteiger partial charge in [0.1, 0.15) is 5.60 Å². The van der Waals surface area contributed by atoms with Crippen molar-refractivity contribution >= 4 is 27.3 Å². The van der Waals surface area contributed by atoms with E-state index in [1.165, 1.54) is 4.88 Å². The number of aliphatic hydroxyl groups is 1. The van der Waals surface area contributed by atoms with E-state index in [0.29, 0.717) is 6.54 Å². The molecule has 1 unspecified atom stereocenters. The average molecular weight is 330 g/mol. The number of nitrogens with one attached hydrogen (secondary N) is 1. The third-order valence-corrected chi connectivity index (χ3v) is 4.41. The fourth-order valence-corrected chi connectivity index (χ4v) is 3.10. The summed E-state index contributed by atoms with van der Waals surface area (Å²) in [6.07, 6.45) is 3.53. The molecule has 0 saturated carbocycles. The van der Waals surface area contributed by atoms with Crippen molar-refractivity contribution < 1.29 is 5.11 Å². The molecule has 0 aliphatic rings. The Bertz CT molecular complexity index is 521. The Morgan fingerprint density at radius 3 is 2.94 bits per heavy atom. The highest BCUT2D eigenvalue weighted by Crippen LogP contribution is 2.21. The quantitative estimate of drug-likeness (QED) is 0.884. The molecular formula is C12H16BrN3OS. The number of hydrogen-bond acceptors (Lipinski definition) is 4. The van der Waals surface area contributed by atoms with Gasteiger partial charge in [-0.25, -0.2) is 0 Å². The van der Waals surface area contributed by atoms with Crippen LogP contribution >= 0.6 is 27.3 Å². The van der Waals surface area contributed by atoms with Gasteiger partial charge in [-0.1, -0.05) is 0 Å². The van der Waals surface area contributed by atoms with Crippen molar-refractivity contribution in [1.82, 2.24) is 15.1 Å². The van der Waals surface area contributed by atoms with Gasteiger partial charge in [-0.05, 0) is 28.9 Å².